The van der Waals surface area contributed by atoms with Crippen LogP contribution in [0, 0.1) is 22.7 Å². The smallest absolute Gasteiger partial charge is 0.410 e. The number of ether oxygens (including phenoxy) is 4. The SMILES string of the molecule is COC(=O)N[C@@H](CCSC)C(=O)N1CCC[C@H]1c1ncc(-c2ccc3c(c2)C(F)(F)c2cc(C4=CN=C([C@@H]5CC6(CC6)CN5C(=O)[C@@H](NC(=O)OC)C(C)C)C4)ccc2-3)[nH]1.COC(=O)N[C@H](C(=O)N1CC2(CC2)C[C@H]1C1=NC=C(c2ccc3c(c2)C(F)(F)c2cc(-c4cnc([C@@H]5CCCN5C(=O)OC(C)(C)C)[nH]4)ccc2-3)C1)C(C)C. The van der Waals surface area contributed by atoms with E-state index in [9.17, 15) is 33.6 Å². The summed E-state index contributed by atoms with van der Waals surface area (Å²) in [6.45, 7) is 15.3. The van der Waals surface area contributed by atoms with Crippen molar-refractivity contribution in [2.24, 2.45) is 32.7 Å². The van der Waals surface area contributed by atoms with Crippen LogP contribution in [0.3, 0.4) is 0 Å². The lowest BCUT2D eigenvalue weighted by Crippen LogP contribution is -2.53. The number of fused-ring (bicyclic) bond motifs is 6. The summed E-state index contributed by atoms with van der Waals surface area (Å²) in [4.78, 5) is 123. The average Bonchev–Trinajstić information content (AvgIpc) is 1.59. The van der Waals surface area contributed by atoms with Crippen LogP contribution in [0.1, 0.15) is 189 Å². The molecular weight excluding hydrogens is 1500 g/mol. The van der Waals surface area contributed by atoms with Gasteiger partial charge in [0.1, 0.15) is 35.4 Å². The third kappa shape index (κ3) is 15.5. The first-order chi connectivity index (χ1) is 54.8. The standard InChI is InChI=1S/C44H51F2N7O6S.C42H48F2N6O5/c1-24(2)37(51-42(57)59-4)40(55)53-23-43(13-14-43)20-36(53)33-19-27(21-47-33)25-8-10-28-29-11-9-26(18-31(29)44(45,46)30(28)17-25)34-22-48-38(49-34)35-7-6-15-52(35)39(54)32(12-16-60-5)50-41(56)58-3;1-23(2)35(48-38(52)54-6)37(51)50-22-41(13-14-41)19-34(50)31-18-26(20-45-31)24-9-11-27-28-12-10-25(17-30(28)42(43,44)29(27)16-24)32-21-46-36(47-32)33-8-7-15-49(33)39(53)55-40(3,4)5/h8-11,17-18,21-22,24,32,35-37H,6-7,12-16,19-20,23H2,1-5H3,(H,48,49)(H,50,56)(H,51,57);9-12,16-17,20-21,23,33-35H,7-8,13-15,18-19,22H2,1-6H3,(H,46,47)(H,48,52)/t32-,35-,36-,37-;33-,34-,35-/m00/s1. The Balaban J connectivity index is 0.000000182. The molecule has 29 heteroatoms. The number of benzene rings is 4. The number of rotatable bonds is 19. The number of aliphatic imine (C=N–C) groups is 2. The number of imidazole rings is 2. The van der Waals surface area contributed by atoms with Crippen LogP contribution in [0.25, 0.3) is 55.9 Å². The number of aromatic amines is 2. The van der Waals surface area contributed by atoms with Crippen molar-refractivity contribution in [3.8, 4) is 44.8 Å². The summed E-state index contributed by atoms with van der Waals surface area (Å²) in [6, 6.07) is 17.1. The molecular formula is C86H99F4N13O11S. The zero-order valence-electron chi connectivity index (χ0n) is 66.7. The van der Waals surface area contributed by atoms with E-state index in [-0.39, 0.29) is 86.8 Å². The zero-order chi connectivity index (χ0) is 81.5. The van der Waals surface area contributed by atoms with Gasteiger partial charge in [-0.15, -0.1) is 0 Å². The van der Waals surface area contributed by atoms with Crippen molar-refractivity contribution in [2.45, 2.75) is 192 Å². The Morgan fingerprint density at radius 3 is 1.32 bits per heavy atom. The second kappa shape index (κ2) is 31.0. The minimum absolute atomic E-state index is 0.0493. The number of alkyl carbamates (subject to hydrolysis) is 3. The molecule has 6 aliphatic heterocycles. The van der Waals surface area contributed by atoms with Crippen molar-refractivity contribution in [1.82, 2.24) is 55.5 Å². The number of likely N-dealkylation sites (tertiary alicyclic amines) is 4. The number of hydrogen-bond donors (Lipinski definition) is 5. The number of amides is 7. The molecule has 5 N–H and O–H groups in total. The second-order valence-electron chi connectivity index (χ2n) is 34.0. The molecule has 6 aromatic rings. The summed E-state index contributed by atoms with van der Waals surface area (Å²) >= 11 is 1.58. The molecule has 24 nitrogen and oxygen atoms in total. The van der Waals surface area contributed by atoms with Gasteiger partial charge in [0.2, 0.25) is 17.7 Å². The molecule has 7 atom stereocenters. The van der Waals surface area contributed by atoms with Crippen molar-refractivity contribution >= 4 is 76.4 Å². The van der Waals surface area contributed by atoms with E-state index in [1.807, 2.05) is 82.7 Å². The number of thioether (sulfide) groups is 1. The van der Waals surface area contributed by atoms with Crippen LogP contribution in [0.15, 0.2) is 108 Å². The molecule has 608 valence electrons. The number of alkyl halides is 4. The van der Waals surface area contributed by atoms with Gasteiger partial charge in [0.05, 0.1) is 69.3 Å². The highest BCUT2D eigenvalue weighted by molar-refractivity contribution is 7.98. The van der Waals surface area contributed by atoms with E-state index in [1.54, 1.807) is 88.8 Å². The Bertz CT molecular complexity index is 5010. The van der Waals surface area contributed by atoms with Crippen LogP contribution in [-0.2, 0) is 45.2 Å². The maximum absolute atomic E-state index is 16.5. The minimum atomic E-state index is -3.28. The predicted octanol–water partition coefficient (Wildman–Crippen LogP) is 15.5. The fraction of sp³-hybridized carbons (Fsp3) is 0.500. The third-order valence-corrected chi connectivity index (χ3v) is 25.2. The molecule has 2 saturated carbocycles. The van der Waals surface area contributed by atoms with Gasteiger partial charge in [-0.2, -0.15) is 29.3 Å². The number of aromatic nitrogens is 4. The summed E-state index contributed by atoms with van der Waals surface area (Å²) in [5, 5.41) is 8.10. The highest BCUT2D eigenvalue weighted by Crippen LogP contribution is 2.59. The van der Waals surface area contributed by atoms with E-state index in [2.05, 4.69) is 35.9 Å². The Kier molecular flexibility index (Phi) is 21.6. The van der Waals surface area contributed by atoms with Crippen molar-refractivity contribution in [3.05, 3.63) is 143 Å². The van der Waals surface area contributed by atoms with Crippen LogP contribution in [-0.4, -0.2) is 188 Å². The number of hydrogen-bond acceptors (Lipinski definition) is 16. The Morgan fingerprint density at radius 2 is 0.930 bits per heavy atom. The van der Waals surface area contributed by atoms with Gasteiger partial charge in [0.15, 0.2) is 0 Å². The molecule has 2 spiro atoms. The predicted molar refractivity (Wildman–Crippen MR) is 428 cm³/mol. The highest BCUT2D eigenvalue weighted by atomic mass is 32.2. The maximum atomic E-state index is 16.5. The molecule has 10 aliphatic rings. The number of carbonyl (C=O) groups excluding carboxylic acids is 7. The highest BCUT2D eigenvalue weighted by Gasteiger charge is 2.58. The number of H-pyrrole nitrogens is 2. The molecule has 0 unspecified atom stereocenters. The molecule has 0 bridgehead atoms. The molecule has 4 saturated heterocycles. The van der Waals surface area contributed by atoms with Crippen LogP contribution in [0.2, 0.25) is 0 Å². The molecule has 2 aromatic heterocycles. The number of halogens is 4. The molecule has 0 radical (unpaired) electrons. The van der Waals surface area contributed by atoms with E-state index >= 15 is 17.6 Å². The lowest BCUT2D eigenvalue weighted by molar-refractivity contribution is -0.135. The first-order valence-corrected chi connectivity index (χ1v) is 41.1. The van der Waals surface area contributed by atoms with Crippen LogP contribution in [0.5, 0.6) is 0 Å². The maximum Gasteiger partial charge on any atom is 0.410 e. The van der Waals surface area contributed by atoms with Gasteiger partial charge in [0, 0.05) is 96.2 Å². The lowest BCUT2D eigenvalue weighted by Gasteiger charge is -2.31. The Morgan fingerprint density at radius 1 is 0.539 bits per heavy atom. The quantitative estimate of drug-likeness (QED) is 0.0372. The van der Waals surface area contributed by atoms with Gasteiger partial charge in [-0.3, -0.25) is 29.3 Å². The summed E-state index contributed by atoms with van der Waals surface area (Å²) in [5.41, 5.74) is 7.94. The zero-order valence-corrected chi connectivity index (χ0v) is 67.5. The van der Waals surface area contributed by atoms with Crippen LogP contribution in [0.4, 0.5) is 36.7 Å². The monoisotopic (exact) mass is 1600 g/mol. The van der Waals surface area contributed by atoms with E-state index in [1.165, 1.54) is 33.5 Å². The van der Waals surface area contributed by atoms with Gasteiger partial charge in [-0.05, 0) is 195 Å². The number of nitrogens with one attached hydrogen (secondary N) is 5. The fourth-order valence-corrected chi connectivity index (χ4v) is 18.4. The number of methoxy groups -OCH3 is 3. The van der Waals surface area contributed by atoms with Crippen LogP contribution >= 0.6 is 11.8 Å². The molecule has 4 aromatic carbocycles. The summed E-state index contributed by atoms with van der Waals surface area (Å²) < 4.78 is 85.9. The first kappa shape index (κ1) is 79.9. The number of carbonyl (C=O) groups is 7. The third-order valence-electron chi connectivity index (χ3n) is 24.6. The largest absolute Gasteiger partial charge is 0.453 e. The summed E-state index contributed by atoms with van der Waals surface area (Å²) in [5.74, 6) is -5.55. The Labute approximate surface area is 669 Å². The topological polar surface area (TPSA) is 288 Å². The van der Waals surface area contributed by atoms with Crippen molar-refractivity contribution < 1.29 is 70.1 Å². The molecule has 7 amide bonds. The molecule has 8 heterocycles. The average molecular weight is 1600 g/mol. The van der Waals surface area contributed by atoms with E-state index in [4.69, 9.17) is 28.9 Å². The van der Waals surface area contributed by atoms with Gasteiger partial charge >= 0.3 is 24.4 Å². The lowest BCUT2D eigenvalue weighted by atomic mass is 9.93. The fourth-order valence-electron chi connectivity index (χ4n) is 17.9. The molecule has 16 rings (SSSR count). The molecule has 6 fully saturated rings. The van der Waals surface area contributed by atoms with Gasteiger partial charge in [0.25, 0.3) is 11.8 Å². The van der Waals surface area contributed by atoms with E-state index in [0.29, 0.717) is 125 Å². The molecule has 115 heavy (non-hydrogen) atoms. The van der Waals surface area contributed by atoms with Crippen molar-refractivity contribution in [1.29, 1.82) is 0 Å². The van der Waals surface area contributed by atoms with E-state index in [0.717, 1.165) is 80.4 Å². The van der Waals surface area contributed by atoms with Crippen molar-refractivity contribution in [3.63, 3.8) is 0 Å². The normalized spacial score (nSPS) is 22.0. The second-order valence-corrected chi connectivity index (χ2v) is 35.0. The molecule has 4 aliphatic carbocycles. The number of nitrogens with zero attached hydrogens (tertiary/aromatic N) is 8. The first-order valence-electron chi connectivity index (χ1n) is 39.7. The Hall–Kier alpha value is -10.3. The summed E-state index contributed by atoms with van der Waals surface area (Å²) in [6.07, 6.45) is 16.2. The van der Waals surface area contributed by atoms with Gasteiger partial charge < -0.3 is 59.6 Å². The summed E-state index contributed by atoms with van der Waals surface area (Å²) in [7, 11) is 3.81. The number of allylic oxidation sites excluding steroid dienone is 2. The van der Waals surface area contributed by atoms with Crippen molar-refractivity contribution in [2.75, 3.05) is 59.5 Å². The van der Waals surface area contributed by atoms with Gasteiger partial charge in [-0.25, -0.2) is 29.1 Å². The van der Waals surface area contributed by atoms with Crippen LogP contribution < -0.4 is 16.0 Å². The van der Waals surface area contributed by atoms with E-state index < -0.39 is 59.9 Å². The van der Waals surface area contributed by atoms with Gasteiger partial charge in [-0.1, -0.05) is 76.2 Å². The minimum Gasteiger partial charge on any atom is -0.453 e.